The zero-order valence-electron chi connectivity index (χ0n) is 18.6. The van der Waals surface area contributed by atoms with E-state index in [1.807, 2.05) is 66.4 Å². The summed E-state index contributed by atoms with van der Waals surface area (Å²) >= 11 is 1.22. The molecule has 2 heterocycles. The first-order chi connectivity index (χ1) is 16.1. The fourth-order valence-corrected chi connectivity index (χ4v) is 4.24. The molecule has 0 spiro atoms. The Balaban J connectivity index is 1.22. The molecule has 0 saturated carbocycles. The van der Waals surface area contributed by atoms with E-state index in [-0.39, 0.29) is 17.6 Å². The van der Waals surface area contributed by atoms with Crippen LogP contribution in [0, 0.1) is 0 Å². The molecule has 172 valence electrons. The molecule has 0 unspecified atom stereocenters. The van der Waals surface area contributed by atoms with Gasteiger partial charge >= 0.3 is 0 Å². The molecule has 33 heavy (non-hydrogen) atoms. The Morgan fingerprint density at radius 3 is 2.42 bits per heavy atom. The number of piperazine rings is 1. The van der Waals surface area contributed by atoms with Crippen LogP contribution in [0.15, 0.2) is 64.2 Å². The van der Waals surface area contributed by atoms with E-state index in [2.05, 4.69) is 20.4 Å². The Hall–Kier alpha value is -3.33. The first-order valence-corrected chi connectivity index (χ1v) is 12.0. The number of carbonyl (C=O) groups excluding carboxylic acids is 2. The van der Waals surface area contributed by atoms with Crippen molar-refractivity contribution in [2.75, 3.05) is 42.1 Å². The lowest BCUT2D eigenvalue weighted by Crippen LogP contribution is -2.48. The summed E-state index contributed by atoms with van der Waals surface area (Å²) in [5.74, 6) is 0.780. The number of rotatable bonds is 8. The van der Waals surface area contributed by atoms with Crippen molar-refractivity contribution in [1.82, 2.24) is 15.1 Å². The smallest absolute Gasteiger partial charge is 0.277 e. The van der Waals surface area contributed by atoms with Crippen molar-refractivity contribution in [2.24, 2.45) is 0 Å². The number of hydrogen-bond acceptors (Lipinski definition) is 7. The van der Waals surface area contributed by atoms with Crippen LogP contribution >= 0.6 is 11.8 Å². The van der Waals surface area contributed by atoms with Gasteiger partial charge in [-0.1, -0.05) is 49.0 Å². The number of hydrogen-bond donors (Lipinski definition) is 1. The van der Waals surface area contributed by atoms with Crippen molar-refractivity contribution in [1.29, 1.82) is 0 Å². The number of carbonyl (C=O) groups is 2. The van der Waals surface area contributed by atoms with Crippen LogP contribution in [0.1, 0.15) is 24.8 Å². The number of amides is 2. The second kappa shape index (κ2) is 11.0. The van der Waals surface area contributed by atoms with Crippen LogP contribution in [0.4, 0.5) is 11.4 Å². The van der Waals surface area contributed by atoms with E-state index < -0.39 is 0 Å². The topological polar surface area (TPSA) is 91.6 Å². The predicted octanol–water partition coefficient (Wildman–Crippen LogP) is 3.45. The third-order valence-corrected chi connectivity index (χ3v) is 6.24. The summed E-state index contributed by atoms with van der Waals surface area (Å²) in [4.78, 5) is 28.3. The highest BCUT2D eigenvalue weighted by molar-refractivity contribution is 7.99. The monoisotopic (exact) mass is 465 g/mol. The van der Waals surface area contributed by atoms with Gasteiger partial charge in [0, 0.05) is 44.0 Å². The minimum Gasteiger partial charge on any atom is -0.416 e. The third-order valence-electron chi connectivity index (χ3n) is 5.42. The number of thioether (sulfide) groups is 1. The first kappa shape index (κ1) is 22.8. The SMILES string of the molecule is CCC(=O)N1CCN(c2ccc(NC(=O)CSc3nnc(Cc4ccccc4)o3)cc2)CC1. The minimum absolute atomic E-state index is 0.137. The van der Waals surface area contributed by atoms with Crippen LogP contribution in [0.25, 0.3) is 0 Å². The summed E-state index contributed by atoms with van der Waals surface area (Å²) in [7, 11) is 0. The third kappa shape index (κ3) is 6.35. The Morgan fingerprint density at radius 1 is 1.00 bits per heavy atom. The number of nitrogens with one attached hydrogen (secondary N) is 1. The summed E-state index contributed by atoms with van der Waals surface area (Å²) in [5.41, 5.74) is 2.91. The van der Waals surface area contributed by atoms with Crippen LogP contribution in [0.5, 0.6) is 0 Å². The maximum absolute atomic E-state index is 12.3. The van der Waals surface area contributed by atoms with Crippen LogP contribution in [-0.2, 0) is 16.0 Å². The molecule has 2 amide bonds. The van der Waals surface area contributed by atoms with E-state index in [4.69, 9.17) is 4.42 Å². The molecule has 9 heteroatoms. The number of aromatic nitrogens is 2. The zero-order chi connectivity index (χ0) is 23.0. The average molecular weight is 466 g/mol. The van der Waals surface area contributed by atoms with Crippen molar-refractivity contribution >= 4 is 35.0 Å². The standard InChI is InChI=1S/C24H27N5O3S/c1-2-23(31)29-14-12-28(13-15-29)20-10-8-19(9-11-20)25-21(30)17-33-24-27-26-22(32-24)16-18-6-4-3-5-7-18/h3-11H,2,12-17H2,1H3,(H,25,30). The molecule has 1 fully saturated rings. The highest BCUT2D eigenvalue weighted by atomic mass is 32.2. The lowest BCUT2D eigenvalue weighted by Gasteiger charge is -2.36. The minimum atomic E-state index is -0.137. The molecular formula is C24H27N5O3S. The second-order valence-electron chi connectivity index (χ2n) is 7.73. The van der Waals surface area contributed by atoms with Gasteiger partial charge in [-0.05, 0) is 29.8 Å². The molecule has 3 aromatic rings. The van der Waals surface area contributed by atoms with Gasteiger partial charge in [-0.2, -0.15) is 0 Å². The molecular weight excluding hydrogens is 438 g/mol. The van der Waals surface area contributed by atoms with Crippen LogP contribution in [-0.4, -0.2) is 58.8 Å². The van der Waals surface area contributed by atoms with Crippen molar-refractivity contribution in [2.45, 2.75) is 25.0 Å². The Labute approximate surface area is 197 Å². The average Bonchev–Trinajstić information content (AvgIpc) is 3.31. The molecule has 0 bridgehead atoms. The highest BCUT2D eigenvalue weighted by Crippen LogP contribution is 2.21. The normalized spacial score (nSPS) is 13.7. The summed E-state index contributed by atoms with van der Waals surface area (Å²) in [6, 6.07) is 17.7. The fraction of sp³-hybridized carbons (Fsp3) is 0.333. The molecule has 0 radical (unpaired) electrons. The van der Waals surface area contributed by atoms with Gasteiger partial charge in [0.25, 0.3) is 5.22 Å². The van der Waals surface area contributed by atoms with E-state index in [9.17, 15) is 9.59 Å². The van der Waals surface area contributed by atoms with Crippen molar-refractivity contribution in [3.63, 3.8) is 0 Å². The van der Waals surface area contributed by atoms with E-state index in [1.54, 1.807) is 0 Å². The number of nitrogens with zero attached hydrogens (tertiary/aromatic N) is 4. The molecule has 2 aromatic carbocycles. The number of anilines is 2. The van der Waals surface area contributed by atoms with Crippen LogP contribution in [0.2, 0.25) is 0 Å². The lowest BCUT2D eigenvalue weighted by molar-refractivity contribution is -0.131. The molecule has 8 nitrogen and oxygen atoms in total. The maximum Gasteiger partial charge on any atom is 0.277 e. The van der Waals surface area contributed by atoms with Gasteiger partial charge in [0.15, 0.2) is 0 Å². The molecule has 1 aliphatic heterocycles. The van der Waals surface area contributed by atoms with Gasteiger partial charge in [-0.3, -0.25) is 9.59 Å². The largest absolute Gasteiger partial charge is 0.416 e. The van der Waals surface area contributed by atoms with Gasteiger partial charge in [-0.15, -0.1) is 10.2 Å². The first-order valence-electron chi connectivity index (χ1n) is 11.0. The summed E-state index contributed by atoms with van der Waals surface area (Å²) in [6.45, 7) is 5.00. The van der Waals surface area contributed by atoms with Gasteiger partial charge < -0.3 is 19.5 Å². The Morgan fingerprint density at radius 2 is 1.73 bits per heavy atom. The van der Waals surface area contributed by atoms with Crippen LogP contribution in [0.3, 0.4) is 0 Å². The Bertz CT molecular complexity index is 1060. The summed E-state index contributed by atoms with van der Waals surface area (Å²) in [5, 5.41) is 11.3. The fourth-order valence-electron chi connectivity index (χ4n) is 3.66. The van der Waals surface area contributed by atoms with Crippen LogP contribution < -0.4 is 10.2 Å². The lowest BCUT2D eigenvalue weighted by atomic mass is 10.2. The van der Waals surface area contributed by atoms with Gasteiger partial charge in [0.05, 0.1) is 12.2 Å². The van der Waals surface area contributed by atoms with Crippen molar-refractivity contribution < 1.29 is 14.0 Å². The van der Waals surface area contributed by atoms with E-state index in [0.717, 1.165) is 43.1 Å². The zero-order valence-corrected chi connectivity index (χ0v) is 19.4. The molecule has 4 rings (SSSR count). The summed E-state index contributed by atoms with van der Waals surface area (Å²) in [6.07, 6.45) is 1.12. The molecule has 0 atom stereocenters. The maximum atomic E-state index is 12.3. The predicted molar refractivity (Wildman–Crippen MR) is 128 cm³/mol. The highest BCUT2D eigenvalue weighted by Gasteiger charge is 2.20. The van der Waals surface area contributed by atoms with E-state index >= 15 is 0 Å². The quantitative estimate of drug-likeness (QED) is 0.510. The second-order valence-corrected chi connectivity index (χ2v) is 8.66. The summed E-state index contributed by atoms with van der Waals surface area (Å²) < 4.78 is 5.63. The number of benzene rings is 2. The van der Waals surface area contributed by atoms with Gasteiger partial charge in [-0.25, -0.2) is 0 Å². The Kier molecular flexibility index (Phi) is 7.62. The molecule has 0 aliphatic carbocycles. The van der Waals surface area contributed by atoms with Gasteiger partial charge in [0.1, 0.15) is 0 Å². The van der Waals surface area contributed by atoms with E-state index in [0.29, 0.717) is 24.0 Å². The van der Waals surface area contributed by atoms with Crippen molar-refractivity contribution in [3.8, 4) is 0 Å². The molecule has 1 aliphatic rings. The van der Waals surface area contributed by atoms with Crippen molar-refractivity contribution in [3.05, 3.63) is 66.1 Å². The molecule has 1 N–H and O–H groups in total. The van der Waals surface area contributed by atoms with Gasteiger partial charge in [0.2, 0.25) is 17.7 Å². The molecule has 1 aromatic heterocycles. The molecule has 1 saturated heterocycles. The van der Waals surface area contributed by atoms with E-state index in [1.165, 1.54) is 11.8 Å².